The summed E-state index contributed by atoms with van der Waals surface area (Å²) in [6.07, 6.45) is 2.43. The fourth-order valence-corrected chi connectivity index (χ4v) is 2.22. The molecule has 0 radical (unpaired) electrons. The van der Waals surface area contributed by atoms with Crippen LogP contribution in [0.15, 0.2) is 24.3 Å². The quantitative estimate of drug-likeness (QED) is 0.801. The summed E-state index contributed by atoms with van der Waals surface area (Å²) in [4.78, 5) is 12.4. The maximum absolute atomic E-state index is 12.4. The fourth-order valence-electron chi connectivity index (χ4n) is 2.06. The third-order valence-electron chi connectivity index (χ3n) is 3.68. The number of carbonyl (C=O) groups is 1. The Morgan fingerprint density at radius 1 is 1.50 bits per heavy atom. The second-order valence-corrected chi connectivity index (χ2v) is 5.82. The summed E-state index contributed by atoms with van der Waals surface area (Å²) in [7, 11) is 1.81. The van der Waals surface area contributed by atoms with E-state index in [1.165, 1.54) is 12.8 Å². The van der Waals surface area contributed by atoms with E-state index in [1.54, 1.807) is 17.7 Å². The van der Waals surface area contributed by atoms with Crippen LogP contribution in [-0.4, -0.2) is 27.3 Å². The molecule has 2 N–H and O–H groups in total. The lowest BCUT2D eigenvalue weighted by Crippen LogP contribution is -2.25. The number of benzene rings is 1. The average molecular weight is 318 g/mol. The van der Waals surface area contributed by atoms with Crippen LogP contribution in [0.3, 0.4) is 0 Å². The van der Waals surface area contributed by atoms with E-state index < -0.39 is 0 Å². The Morgan fingerprint density at radius 2 is 2.27 bits per heavy atom. The highest BCUT2D eigenvalue weighted by Gasteiger charge is 2.23. The number of carbonyl (C=O) groups excluding carboxylic acids is 1. The minimum atomic E-state index is -0.180. The van der Waals surface area contributed by atoms with Crippen LogP contribution in [0.5, 0.6) is 5.75 Å². The van der Waals surface area contributed by atoms with Crippen LogP contribution in [0.2, 0.25) is 0 Å². The number of rotatable bonds is 6. The summed E-state index contributed by atoms with van der Waals surface area (Å²) < 4.78 is 8.01. The van der Waals surface area contributed by atoms with Crippen molar-refractivity contribution in [1.29, 1.82) is 0 Å². The van der Waals surface area contributed by atoms with Crippen LogP contribution >= 0.6 is 12.2 Å². The SMILES string of the molecule is Cn1c(CNC(=O)c2ccccc2OCC2CC2)n[nH]c1=S. The molecule has 1 saturated carbocycles. The van der Waals surface area contributed by atoms with E-state index in [9.17, 15) is 4.79 Å². The zero-order valence-corrected chi connectivity index (χ0v) is 13.2. The van der Waals surface area contributed by atoms with Crippen LogP contribution in [-0.2, 0) is 13.6 Å². The highest BCUT2D eigenvalue weighted by atomic mass is 32.1. The van der Waals surface area contributed by atoms with Gasteiger partial charge in [-0.3, -0.25) is 9.89 Å². The molecule has 0 aliphatic heterocycles. The lowest BCUT2D eigenvalue weighted by Gasteiger charge is -2.11. The normalized spacial score (nSPS) is 13.9. The zero-order chi connectivity index (χ0) is 15.5. The Morgan fingerprint density at radius 3 is 2.95 bits per heavy atom. The van der Waals surface area contributed by atoms with Crippen molar-refractivity contribution in [1.82, 2.24) is 20.1 Å². The van der Waals surface area contributed by atoms with E-state index in [-0.39, 0.29) is 5.91 Å². The van der Waals surface area contributed by atoms with Crippen LogP contribution in [0.4, 0.5) is 0 Å². The van der Waals surface area contributed by atoms with Crippen LogP contribution in [0.1, 0.15) is 29.0 Å². The summed E-state index contributed by atoms with van der Waals surface area (Å²) in [5.41, 5.74) is 0.542. The molecule has 0 spiro atoms. The van der Waals surface area contributed by atoms with Crippen molar-refractivity contribution in [2.45, 2.75) is 19.4 Å². The molecule has 7 heteroatoms. The van der Waals surface area contributed by atoms with Gasteiger partial charge in [-0.2, -0.15) is 5.10 Å². The minimum Gasteiger partial charge on any atom is -0.492 e. The first-order valence-corrected chi connectivity index (χ1v) is 7.66. The van der Waals surface area contributed by atoms with E-state index >= 15 is 0 Å². The Bertz CT molecular complexity index is 733. The van der Waals surface area contributed by atoms with Gasteiger partial charge in [-0.05, 0) is 43.1 Å². The lowest BCUT2D eigenvalue weighted by atomic mass is 10.2. The predicted molar refractivity (Wildman–Crippen MR) is 84.2 cm³/mol. The van der Waals surface area contributed by atoms with E-state index in [0.29, 0.717) is 41.0 Å². The number of hydrogen-bond donors (Lipinski definition) is 2. The molecule has 0 atom stereocenters. The number of hydrogen-bond acceptors (Lipinski definition) is 4. The van der Waals surface area contributed by atoms with Crippen molar-refractivity contribution in [2.24, 2.45) is 13.0 Å². The second-order valence-electron chi connectivity index (χ2n) is 5.44. The number of ether oxygens (including phenoxy) is 1. The van der Waals surface area contributed by atoms with E-state index in [1.807, 2.05) is 18.2 Å². The molecule has 3 rings (SSSR count). The van der Waals surface area contributed by atoms with Crippen molar-refractivity contribution in [2.75, 3.05) is 6.61 Å². The molecule has 1 aliphatic rings. The summed E-state index contributed by atoms with van der Waals surface area (Å²) >= 11 is 5.05. The van der Waals surface area contributed by atoms with Gasteiger partial charge in [-0.25, -0.2) is 0 Å². The molecular formula is C15H18N4O2S. The smallest absolute Gasteiger partial charge is 0.255 e. The first kappa shape index (κ1) is 14.8. The van der Waals surface area contributed by atoms with E-state index in [2.05, 4.69) is 15.5 Å². The molecule has 1 fully saturated rings. The molecule has 0 saturated heterocycles. The maximum Gasteiger partial charge on any atom is 0.255 e. The number of nitrogens with one attached hydrogen (secondary N) is 2. The largest absolute Gasteiger partial charge is 0.492 e. The topological polar surface area (TPSA) is 71.9 Å². The van der Waals surface area contributed by atoms with Gasteiger partial charge < -0.3 is 14.6 Å². The molecular weight excluding hydrogens is 300 g/mol. The summed E-state index contributed by atoms with van der Waals surface area (Å²) in [5, 5.41) is 9.61. The third kappa shape index (κ3) is 3.36. The molecule has 1 heterocycles. The molecule has 0 bridgehead atoms. The lowest BCUT2D eigenvalue weighted by molar-refractivity contribution is 0.0945. The predicted octanol–water partition coefficient (Wildman–Crippen LogP) is 2.20. The fraction of sp³-hybridized carbons (Fsp3) is 0.400. The highest BCUT2D eigenvalue weighted by Crippen LogP contribution is 2.30. The van der Waals surface area contributed by atoms with Gasteiger partial charge >= 0.3 is 0 Å². The summed E-state index contributed by atoms with van der Waals surface area (Å²) in [6, 6.07) is 7.29. The number of aromatic nitrogens is 3. The Labute approximate surface area is 133 Å². The number of H-pyrrole nitrogens is 1. The molecule has 1 amide bonds. The van der Waals surface area contributed by atoms with Gasteiger partial charge in [-0.1, -0.05) is 12.1 Å². The molecule has 2 aromatic rings. The number of aromatic amines is 1. The van der Waals surface area contributed by atoms with Crippen molar-refractivity contribution < 1.29 is 9.53 Å². The van der Waals surface area contributed by atoms with Gasteiger partial charge in [0.1, 0.15) is 5.75 Å². The van der Waals surface area contributed by atoms with Crippen molar-refractivity contribution in [3.63, 3.8) is 0 Å². The van der Waals surface area contributed by atoms with Gasteiger partial charge in [-0.15, -0.1) is 0 Å². The van der Waals surface area contributed by atoms with Crippen LogP contribution in [0, 0.1) is 10.7 Å². The Balaban J connectivity index is 1.66. The van der Waals surface area contributed by atoms with E-state index in [4.69, 9.17) is 17.0 Å². The first-order valence-electron chi connectivity index (χ1n) is 7.25. The number of nitrogens with zero attached hydrogens (tertiary/aromatic N) is 2. The van der Waals surface area contributed by atoms with Crippen LogP contribution < -0.4 is 10.1 Å². The molecule has 6 nitrogen and oxygen atoms in total. The van der Waals surface area contributed by atoms with Crippen molar-refractivity contribution in [3.05, 3.63) is 40.4 Å². The molecule has 1 aromatic carbocycles. The Kier molecular flexibility index (Phi) is 4.24. The zero-order valence-electron chi connectivity index (χ0n) is 12.3. The maximum atomic E-state index is 12.4. The van der Waals surface area contributed by atoms with Gasteiger partial charge in [0.15, 0.2) is 10.6 Å². The average Bonchev–Trinajstić information content (AvgIpc) is 3.31. The van der Waals surface area contributed by atoms with Gasteiger partial charge in [0.25, 0.3) is 5.91 Å². The molecule has 1 aromatic heterocycles. The standard InChI is InChI=1S/C15H18N4O2S/c1-19-13(17-18-15(19)22)8-16-14(20)11-4-2-3-5-12(11)21-9-10-6-7-10/h2-5,10H,6-9H2,1H3,(H,16,20)(H,18,22). The third-order valence-corrected chi connectivity index (χ3v) is 4.05. The van der Waals surface area contributed by atoms with Gasteiger partial charge in [0.2, 0.25) is 0 Å². The van der Waals surface area contributed by atoms with Crippen molar-refractivity contribution in [3.8, 4) is 5.75 Å². The monoisotopic (exact) mass is 318 g/mol. The van der Waals surface area contributed by atoms with Gasteiger partial charge in [0.05, 0.1) is 18.7 Å². The molecule has 0 unspecified atom stereocenters. The van der Waals surface area contributed by atoms with Crippen LogP contribution in [0.25, 0.3) is 0 Å². The van der Waals surface area contributed by atoms with Gasteiger partial charge in [0, 0.05) is 7.05 Å². The number of amides is 1. The molecule has 116 valence electrons. The first-order chi connectivity index (χ1) is 10.6. The highest BCUT2D eigenvalue weighted by molar-refractivity contribution is 7.71. The summed E-state index contributed by atoms with van der Waals surface area (Å²) in [6.45, 7) is 0.983. The second kappa shape index (κ2) is 6.31. The number of para-hydroxylation sites is 1. The molecule has 22 heavy (non-hydrogen) atoms. The minimum absolute atomic E-state index is 0.180. The molecule has 1 aliphatic carbocycles. The van der Waals surface area contributed by atoms with Crippen molar-refractivity contribution >= 4 is 18.1 Å². The summed E-state index contributed by atoms with van der Waals surface area (Å²) in [5.74, 6) is 1.77. The van der Waals surface area contributed by atoms with E-state index in [0.717, 1.165) is 0 Å². The Hall–Kier alpha value is -2.15.